The van der Waals surface area contributed by atoms with Crippen LogP contribution in [0.25, 0.3) is 17.0 Å². The zero-order chi connectivity index (χ0) is 16.1. The van der Waals surface area contributed by atoms with Gasteiger partial charge in [-0.05, 0) is 23.3 Å². The van der Waals surface area contributed by atoms with E-state index in [1.54, 1.807) is 12.2 Å². The third kappa shape index (κ3) is 3.58. The Balaban J connectivity index is 1.81. The number of nitrogens with one attached hydrogen (secondary N) is 1. The van der Waals surface area contributed by atoms with E-state index in [1.807, 2.05) is 54.7 Å². The van der Waals surface area contributed by atoms with Gasteiger partial charge in [-0.1, -0.05) is 48.5 Å². The van der Waals surface area contributed by atoms with Crippen LogP contribution in [0, 0.1) is 10.1 Å². The van der Waals surface area contributed by atoms with Crippen LogP contribution in [-0.2, 0) is 6.61 Å². The normalized spacial score (nSPS) is 11.1. The van der Waals surface area contributed by atoms with Crippen molar-refractivity contribution in [3.8, 4) is 5.75 Å². The van der Waals surface area contributed by atoms with Crippen LogP contribution in [-0.4, -0.2) is 16.5 Å². The summed E-state index contributed by atoms with van der Waals surface area (Å²) in [5.74, 6) is 0.764. The van der Waals surface area contributed by atoms with Crippen LogP contribution in [0.3, 0.4) is 0 Å². The molecule has 3 rings (SSSR count). The van der Waals surface area contributed by atoms with E-state index in [1.165, 1.54) is 0 Å². The minimum Gasteiger partial charge on any atom is -0.487 e. The first-order chi connectivity index (χ1) is 11.2. The fraction of sp³-hybridized carbons (Fsp3) is 0.111. The van der Waals surface area contributed by atoms with Crippen molar-refractivity contribution in [3.63, 3.8) is 0 Å². The number of aromatic nitrogens is 1. The van der Waals surface area contributed by atoms with E-state index in [2.05, 4.69) is 4.98 Å². The molecule has 1 N–H and O–H groups in total. The zero-order valence-electron chi connectivity index (χ0n) is 12.4. The predicted octanol–water partition coefficient (Wildman–Crippen LogP) is 4.04. The number of para-hydroxylation sites is 1. The number of hydrogen-bond acceptors (Lipinski definition) is 3. The lowest BCUT2D eigenvalue weighted by molar-refractivity contribution is -0.468. The van der Waals surface area contributed by atoms with Crippen molar-refractivity contribution in [3.05, 3.63) is 82.0 Å². The SMILES string of the molecule is O=[N+]([O-])CC=Cc1c[nH]c2c(OCc3ccccc3)cccc12. The van der Waals surface area contributed by atoms with Crippen LogP contribution < -0.4 is 4.74 Å². The molecule has 5 nitrogen and oxygen atoms in total. The number of aromatic amines is 1. The van der Waals surface area contributed by atoms with Gasteiger partial charge in [-0.25, -0.2) is 0 Å². The molecule has 0 fully saturated rings. The maximum Gasteiger partial charge on any atom is 0.222 e. The topological polar surface area (TPSA) is 68.2 Å². The summed E-state index contributed by atoms with van der Waals surface area (Å²) < 4.78 is 5.90. The molecule has 0 saturated carbocycles. The van der Waals surface area contributed by atoms with E-state index >= 15 is 0 Å². The Labute approximate surface area is 133 Å². The van der Waals surface area contributed by atoms with E-state index in [0.29, 0.717) is 6.61 Å². The minimum absolute atomic E-state index is 0.184. The predicted molar refractivity (Wildman–Crippen MR) is 90.0 cm³/mol. The van der Waals surface area contributed by atoms with Gasteiger partial charge < -0.3 is 9.72 Å². The standard InChI is InChI=1S/C18H16N2O3/c21-20(22)11-5-8-15-12-19-18-16(15)9-4-10-17(18)23-13-14-6-2-1-3-7-14/h1-10,12,19H,11,13H2. The molecular formula is C18H16N2O3. The lowest BCUT2D eigenvalue weighted by atomic mass is 10.1. The van der Waals surface area contributed by atoms with E-state index < -0.39 is 0 Å². The highest BCUT2D eigenvalue weighted by atomic mass is 16.6. The van der Waals surface area contributed by atoms with Gasteiger partial charge >= 0.3 is 0 Å². The summed E-state index contributed by atoms with van der Waals surface area (Å²) in [4.78, 5) is 13.2. The molecular weight excluding hydrogens is 292 g/mol. The molecule has 0 saturated heterocycles. The van der Waals surface area contributed by atoms with E-state index in [4.69, 9.17) is 4.74 Å². The Morgan fingerprint density at radius 2 is 1.96 bits per heavy atom. The van der Waals surface area contributed by atoms with Crippen molar-refractivity contribution in [2.24, 2.45) is 0 Å². The largest absolute Gasteiger partial charge is 0.487 e. The highest BCUT2D eigenvalue weighted by molar-refractivity contribution is 5.92. The molecule has 0 spiro atoms. The number of fused-ring (bicyclic) bond motifs is 1. The molecule has 0 aliphatic carbocycles. The Bertz CT molecular complexity index is 838. The molecule has 0 aliphatic heterocycles. The monoisotopic (exact) mass is 308 g/mol. The molecule has 0 radical (unpaired) electrons. The first-order valence-electron chi connectivity index (χ1n) is 7.29. The van der Waals surface area contributed by atoms with Gasteiger partial charge in [0.15, 0.2) is 0 Å². The Morgan fingerprint density at radius 1 is 1.13 bits per heavy atom. The molecule has 0 unspecified atom stereocenters. The van der Waals surface area contributed by atoms with Gasteiger partial charge in [0.05, 0.1) is 5.52 Å². The minimum atomic E-state index is -0.361. The molecule has 1 heterocycles. The molecule has 0 bridgehead atoms. The molecule has 3 aromatic rings. The Kier molecular flexibility index (Phi) is 4.38. The van der Waals surface area contributed by atoms with Crippen LogP contribution in [0.4, 0.5) is 0 Å². The van der Waals surface area contributed by atoms with Gasteiger partial charge in [0, 0.05) is 16.5 Å². The average Bonchev–Trinajstić information content (AvgIpc) is 2.97. The summed E-state index contributed by atoms with van der Waals surface area (Å²) in [5.41, 5.74) is 2.90. The van der Waals surface area contributed by atoms with Crippen molar-refractivity contribution in [1.82, 2.24) is 4.98 Å². The van der Waals surface area contributed by atoms with Crippen LogP contribution in [0.2, 0.25) is 0 Å². The summed E-state index contributed by atoms with van der Waals surface area (Å²) >= 11 is 0. The van der Waals surface area contributed by atoms with Crippen molar-refractivity contribution in [2.45, 2.75) is 6.61 Å². The van der Waals surface area contributed by atoms with Crippen molar-refractivity contribution < 1.29 is 9.66 Å². The maximum atomic E-state index is 10.4. The lowest BCUT2D eigenvalue weighted by Crippen LogP contribution is -1.95. The smallest absolute Gasteiger partial charge is 0.222 e. The second-order valence-electron chi connectivity index (χ2n) is 5.11. The van der Waals surface area contributed by atoms with Crippen molar-refractivity contribution >= 4 is 17.0 Å². The van der Waals surface area contributed by atoms with E-state index in [-0.39, 0.29) is 11.5 Å². The number of H-pyrrole nitrogens is 1. The van der Waals surface area contributed by atoms with Gasteiger partial charge in [0.25, 0.3) is 0 Å². The molecule has 0 amide bonds. The Hall–Kier alpha value is -3.08. The second kappa shape index (κ2) is 6.79. The van der Waals surface area contributed by atoms with Gasteiger partial charge in [-0.3, -0.25) is 10.1 Å². The first-order valence-corrected chi connectivity index (χ1v) is 7.29. The summed E-state index contributed by atoms with van der Waals surface area (Å²) in [6.45, 7) is 0.308. The number of ether oxygens (including phenoxy) is 1. The summed E-state index contributed by atoms with van der Waals surface area (Å²) in [6.07, 6.45) is 5.12. The second-order valence-corrected chi connectivity index (χ2v) is 5.11. The van der Waals surface area contributed by atoms with E-state index in [9.17, 15) is 10.1 Å². The average molecular weight is 308 g/mol. The highest BCUT2D eigenvalue weighted by Gasteiger charge is 2.07. The molecule has 0 atom stereocenters. The number of nitrogens with zero attached hydrogens (tertiary/aromatic N) is 1. The van der Waals surface area contributed by atoms with Crippen LogP contribution >= 0.6 is 0 Å². The number of nitro groups is 1. The van der Waals surface area contributed by atoms with Crippen LogP contribution in [0.5, 0.6) is 5.75 Å². The van der Waals surface area contributed by atoms with Crippen LogP contribution in [0.1, 0.15) is 11.1 Å². The fourth-order valence-electron chi connectivity index (χ4n) is 2.41. The summed E-state index contributed by atoms with van der Waals surface area (Å²) in [5, 5.41) is 11.4. The summed E-state index contributed by atoms with van der Waals surface area (Å²) in [7, 11) is 0. The molecule has 23 heavy (non-hydrogen) atoms. The zero-order valence-corrected chi connectivity index (χ0v) is 12.4. The highest BCUT2D eigenvalue weighted by Crippen LogP contribution is 2.28. The van der Waals surface area contributed by atoms with Crippen molar-refractivity contribution in [1.29, 1.82) is 0 Å². The quantitative estimate of drug-likeness (QED) is 0.552. The first kappa shape index (κ1) is 14.8. The summed E-state index contributed by atoms with van der Waals surface area (Å²) in [6, 6.07) is 15.7. The van der Waals surface area contributed by atoms with Gasteiger partial charge in [-0.2, -0.15) is 0 Å². The molecule has 5 heteroatoms. The Morgan fingerprint density at radius 3 is 2.74 bits per heavy atom. The third-order valence-corrected chi connectivity index (χ3v) is 3.50. The van der Waals surface area contributed by atoms with Gasteiger partial charge in [0.2, 0.25) is 6.54 Å². The van der Waals surface area contributed by atoms with E-state index in [0.717, 1.165) is 27.8 Å². The molecule has 1 aromatic heterocycles. The lowest BCUT2D eigenvalue weighted by Gasteiger charge is -2.07. The molecule has 116 valence electrons. The van der Waals surface area contributed by atoms with Gasteiger partial charge in [-0.15, -0.1) is 0 Å². The molecule has 2 aromatic carbocycles. The number of rotatable bonds is 6. The van der Waals surface area contributed by atoms with Gasteiger partial charge in [0.1, 0.15) is 12.4 Å². The third-order valence-electron chi connectivity index (χ3n) is 3.50. The van der Waals surface area contributed by atoms with Crippen LogP contribution in [0.15, 0.2) is 60.8 Å². The number of hydrogen-bond donors (Lipinski definition) is 1. The fourth-order valence-corrected chi connectivity index (χ4v) is 2.41. The number of benzene rings is 2. The maximum absolute atomic E-state index is 10.4. The van der Waals surface area contributed by atoms with Crippen molar-refractivity contribution in [2.75, 3.05) is 6.54 Å². The molecule has 0 aliphatic rings.